The van der Waals surface area contributed by atoms with Gasteiger partial charge in [-0.1, -0.05) is 72.8 Å². The number of nitrogens with zero attached hydrogens (tertiary/aromatic N) is 20. The van der Waals surface area contributed by atoms with Crippen LogP contribution in [0.2, 0.25) is 0 Å². The highest BCUT2D eigenvalue weighted by Gasteiger charge is 2.30. The highest BCUT2D eigenvalue weighted by atomic mass is 32.1. The number of H-pyrrole nitrogens is 4. The molecule has 706 valence electrons. The largest absolute Gasteiger partial charge is 0.473 e. The summed E-state index contributed by atoms with van der Waals surface area (Å²) in [5.41, 5.74) is 16.4. The molecule has 0 amide bonds. The number of thiophene rings is 4. The van der Waals surface area contributed by atoms with E-state index in [1.54, 1.807) is 94.9 Å². The Morgan fingerprint density at radius 3 is 0.761 bits per heavy atom. The first kappa shape index (κ1) is 91.0. The normalized spacial score (nSPS) is 16.3. The van der Waals surface area contributed by atoms with Crippen molar-refractivity contribution in [3.8, 4) is 0 Å². The van der Waals surface area contributed by atoms with Crippen molar-refractivity contribution in [3.63, 3.8) is 0 Å². The van der Waals surface area contributed by atoms with E-state index in [1.807, 2.05) is 24.3 Å². The summed E-state index contributed by atoms with van der Waals surface area (Å²) in [6, 6.07) is 60.0. The van der Waals surface area contributed by atoms with Gasteiger partial charge in [-0.3, -0.25) is 39.5 Å². The third kappa shape index (κ3) is 22.8. The molecule has 0 aliphatic carbocycles. The quantitative estimate of drug-likeness (QED) is 0.0174. The molecule has 20 aromatic rings. The van der Waals surface area contributed by atoms with Crippen LogP contribution >= 0.6 is 45.3 Å². The van der Waals surface area contributed by atoms with Gasteiger partial charge in [0.15, 0.2) is 0 Å². The molecule has 138 heavy (non-hydrogen) atoms. The fraction of sp³-hybridized carbons (Fsp3) is 0.286. The molecule has 16 aromatic heterocycles. The summed E-state index contributed by atoms with van der Waals surface area (Å²) in [4.78, 5) is 101. The number of imidazole rings is 8. The Labute approximate surface area is 809 Å². The Kier molecular flexibility index (Phi) is 28.7. The highest BCUT2D eigenvalue weighted by Crippen LogP contribution is 2.32. The van der Waals surface area contributed by atoms with Crippen LogP contribution in [0.4, 0.5) is 47.6 Å². The SMILES string of the molecule is O=C(O)C(=O)O.c1csc(Cn2c(NC3CCN(CCNc4nc5cnccc5[nH]4)C3)nc3ccccc32)c1.c1csc(Cn2c(NC3CCN(CCNc4nc5cnccc5[nH]4)C3)nc3ccccc32)c1.c1csc(Cn2c(NC3CCN(CCNc4nc5cnccc5[nH]4)C3)nc3ccccc32)c1.c1csc(Cn2c(NC3CCN(CCNc4nc5cnccc5[nH]4)C3)nc3ccccc32)c1. The van der Waals surface area contributed by atoms with E-state index in [1.165, 1.54) is 41.6 Å². The summed E-state index contributed by atoms with van der Waals surface area (Å²) in [5.74, 6) is 3.41. The summed E-state index contributed by atoms with van der Waals surface area (Å²) in [6.07, 6.45) is 18.6. The minimum absolute atomic E-state index is 0.390. The number of likely N-dealkylation sites (tertiary alicyclic amines) is 4. The number of pyridine rings is 4. The summed E-state index contributed by atoms with van der Waals surface area (Å²) in [5, 5.41) is 51.9. The van der Waals surface area contributed by atoms with Crippen molar-refractivity contribution in [2.75, 3.05) is 147 Å². The van der Waals surface area contributed by atoms with Gasteiger partial charge in [-0.05, 0) is 144 Å². The monoisotopic (exact) mass is 1920 g/mol. The summed E-state index contributed by atoms with van der Waals surface area (Å²) in [6.45, 7) is 19.0. The number of anilines is 8. The van der Waals surface area contributed by atoms with Crippen LogP contribution < -0.4 is 42.5 Å². The van der Waals surface area contributed by atoms with Crippen LogP contribution in [0.15, 0.2) is 241 Å². The van der Waals surface area contributed by atoms with Crippen LogP contribution in [0.1, 0.15) is 45.2 Å². The van der Waals surface area contributed by atoms with Gasteiger partial charge in [0.25, 0.3) is 0 Å². The lowest BCUT2D eigenvalue weighted by Crippen LogP contribution is -2.30. The van der Waals surface area contributed by atoms with E-state index in [-0.39, 0.29) is 0 Å². The van der Waals surface area contributed by atoms with E-state index in [9.17, 15) is 0 Å². The summed E-state index contributed by atoms with van der Waals surface area (Å²) in [7, 11) is 0. The fourth-order valence-electron chi connectivity index (χ4n) is 18.1. The second kappa shape index (κ2) is 43.5. The van der Waals surface area contributed by atoms with Crippen molar-refractivity contribution in [1.82, 2.24) is 118 Å². The predicted molar refractivity (Wildman–Crippen MR) is 551 cm³/mol. The Balaban J connectivity index is 0.000000111. The van der Waals surface area contributed by atoms with Gasteiger partial charge in [0.1, 0.15) is 22.1 Å². The van der Waals surface area contributed by atoms with Gasteiger partial charge in [-0.2, -0.15) is 0 Å². The molecule has 4 aliphatic rings. The van der Waals surface area contributed by atoms with Crippen molar-refractivity contribution in [2.45, 2.75) is 76.0 Å². The topological polar surface area (TPSA) is 421 Å². The first-order chi connectivity index (χ1) is 67.9. The van der Waals surface area contributed by atoms with Gasteiger partial charge < -0.3 is 91.0 Å². The second-order valence-electron chi connectivity index (χ2n) is 34.3. The lowest BCUT2D eigenvalue weighted by molar-refractivity contribution is -0.159. The first-order valence-electron chi connectivity index (χ1n) is 46.4. The number of aromatic amines is 4. The van der Waals surface area contributed by atoms with E-state index in [2.05, 4.69) is 307 Å². The molecular formula is C98H106N32O4S4. The summed E-state index contributed by atoms with van der Waals surface area (Å²) >= 11 is 7.15. The molecule has 4 unspecified atom stereocenters. The standard InChI is InChI=1S/4C24H26N8S.C2H2O4/c4*1-2-6-22-20(5-1)30-24(32(22)16-18-4-3-13-33-18)27-17-8-11-31(15-17)12-10-26-23-28-19-7-9-25-14-21(19)29-23;3-1(4)2(5)6/h4*1-7,9,13-14,17H,8,10-12,15-16H2,(H,27,30)(H2,26,28,29);(H,3,4)(H,5,6). The smallest absolute Gasteiger partial charge is 0.414 e. The maximum absolute atomic E-state index is 9.10. The lowest BCUT2D eigenvalue weighted by atomic mass is 10.3. The third-order valence-corrected chi connectivity index (χ3v) is 28.3. The molecule has 24 rings (SSSR count). The fourth-order valence-corrected chi connectivity index (χ4v) is 20.8. The van der Waals surface area contributed by atoms with Crippen LogP contribution in [0, 0.1) is 0 Å². The zero-order chi connectivity index (χ0) is 93.3. The van der Waals surface area contributed by atoms with Gasteiger partial charge in [0, 0.05) is 173 Å². The highest BCUT2D eigenvalue weighted by molar-refractivity contribution is 7.10. The number of benzene rings is 4. The van der Waals surface area contributed by atoms with Gasteiger partial charge in [0.05, 0.1) is 117 Å². The van der Waals surface area contributed by atoms with E-state index in [0.717, 1.165) is 270 Å². The number of hydrogen-bond donors (Lipinski definition) is 14. The van der Waals surface area contributed by atoms with Gasteiger partial charge in [-0.25, -0.2) is 49.5 Å². The van der Waals surface area contributed by atoms with Crippen molar-refractivity contribution in [1.29, 1.82) is 0 Å². The Bertz CT molecular complexity index is 6380. The number of nitrogens with one attached hydrogen (secondary N) is 12. The van der Waals surface area contributed by atoms with Gasteiger partial charge in [-0.15, -0.1) is 45.3 Å². The molecule has 4 saturated heterocycles. The van der Waals surface area contributed by atoms with E-state index >= 15 is 0 Å². The molecule has 4 atom stereocenters. The van der Waals surface area contributed by atoms with Crippen LogP contribution in [0.5, 0.6) is 0 Å². The number of carbonyl (C=O) groups is 2. The molecule has 20 heterocycles. The molecule has 0 bridgehead atoms. The third-order valence-electron chi connectivity index (χ3n) is 24.8. The maximum atomic E-state index is 9.10. The lowest BCUT2D eigenvalue weighted by Gasteiger charge is -2.18. The van der Waals surface area contributed by atoms with Gasteiger partial charge in [0.2, 0.25) is 47.6 Å². The van der Waals surface area contributed by atoms with E-state index in [0.29, 0.717) is 24.2 Å². The van der Waals surface area contributed by atoms with Crippen molar-refractivity contribution >= 4 is 193 Å². The van der Waals surface area contributed by atoms with E-state index < -0.39 is 11.9 Å². The van der Waals surface area contributed by atoms with Crippen molar-refractivity contribution < 1.29 is 19.8 Å². The van der Waals surface area contributed by atoms with Crippen LogP contribution in [0.3, 0.4) is 0 Å². The Hall–Kier alpha value is -14.8. The van der Waals surface area contributed by atoms with Crippen molar-refractivity contribution in [3.05, 3.63) is 260 Å². The molecule has 40 heteroatoms. The summed E-state index contributed by atoms with van der Waals surface area (Å²) < 4.78 is 9.23. The molecule has 4 aromatic carbocycles. The average Bonchev–Trinajstić information content (AvgIpc) is 1.65. The Morgan fingerprint density at radius 2 is 0.543 bits per heavy atom. The molecule has 0 saturated carbocycles. The maximum Gasteiger partial charge on any atom is 0.414 e. The molecule has 0 spiro atoms. The molecule has 36 nitrogen and oxygen atoms in total. The number of hydrogen-bond acceptors (Lipinski definition) is 30. The number of aliphatic carboxylic acids is 2. The van der Waals surface area contributed by atoms with E-state index in [4.69, 9.17) is 39.7 Å². The van der Waals surface area contributed by atoms with Crippen LogP contribution in [-0.2, 0) is 35.8 Å². The number of aromatic nitrogens is 20. The molecule has 0 radical (unpaired) electrons. The van der Waals surface area contributed by atoms with Crippen LogP contribution in [-0.4, -0.2) is 269 Å². The minimum Gasteiger partial charge on any atom is -0.473 e. The number of carboxylic acid groups (broad SMARTS) is 2. The molecular weight excluding hydrogens is 1820 g/mol. The predicted octanol–water partition coefficient (Wildman–Crippen LogP) is 15.2. The Morgan fingerprint density at radius 1 is 0.304 bits per heavy atom. The van der Waals surface area contributed by atoms with Crippen molar-refractivity contribution in [2.24, 2.45) is 0 Å². The minimum atomic E-state index is -1.82. The average molecular weight is 1920 g/mol. The second-order valence-corrected chi connectivity index (χ2v) is 38.4. The number of rotatable bonds is 32. The molecule has 4 aliphatic heterocycles. The molecule has 14 N–H and O–H groups in total. The van der Waals surface area contributed by atoms with Gasteiger partial charge >= 0.3 is 11.9 Å². The number of para-hydroxylation sites is 8. The zero-order valence-corrected chi connectivity index (χ0v) is 78.9. The number of carboxylic acids is 2. The first-order valence-corrected chi connectivity index (χ1v) is 49.9. The number of fused-ring (bicyclic) bond motifs is 8. The zero-order valence-electron chi connectivity index (χ0n) is 75.7. The van der Waals surface area contributed by atoms with Crippen LogP contribution in [0.25, 0.3) is 88.3 Å². The molecule has 4 fully saturated rings.